The number of rotatable bonds is 9. The van der Waals surface area contributed by atoms with Gasteiger partial charge in [0.1, 0.15) is 23.4 Å². The number of guanidine groups is 1. The predicted molar refractivity (Wildman–Crippen MR) is 159 cm³/mol. The number of carbonyl (C=O) groups excluding carboxylic acids is 2. The molecule has 0 aliphatic carbocycles. The summed E-state index contributed by atoms with van der Waals surface area (Å²) in [7, 11) is 0. The van der Waals surface area contributed by atoms with Gasteiger partial charge in [0.15, 0.2) is 5.96 Å². The van der Waals surface area contributed by atoms with Crippen LogP contribution in [0.25, 0.3) is 22.4 Å². The fourth-order valence-corrected chi connectivity index (χ4v) is 5.32. The van der Waals surface area contributed by atoms with Gasteiger partial charge in [-0.3, -0.25) is 15.0 Å². The van der Waals surface area contributed by atoms with Crippen molar-refractivity contribution >= 4 is 34.5 Å². The number of nitrogens with one attached hydrogen (secondary N) is 2. The fourth-order valence-electron chi connectivity index (χ4n) is 5.32. The first-order chi connectivity index (χ1) is 20.2. The average molecular weight is 573 g/mol. The lowest BCUT2D eigenvalue weighted by atomic mass is 10.1. The molecule has 1 fully saturated rings. The first kappa shape index (κ1) is 28.4. The summed E-state index contributed by atoms with van der Waals surface area (Å²) < 4.78 is 15.1. The van der Waals surface area contributed by atoms with E-state index in [2.05, 4.69) is 10.2 Å². The van der Waals surface area contributed by atoms with E-state index in [-0.39, 0.29) is 23.4 Å². The number of imidazole rings is 1. The summed E-state index contributed by atoms with van der Waals surface area (Å²) in [5.74, 6) is -0.661. The van der Waals surface area contributed by atoms with Crippen molar-refractivity contribution in [3.05, 3.63) is 78.1 Å². The summed E-state index contributed by atoms with van der Waals surface area (Å²) in [6.07, 6.45) is 0.860. The molecule has 5 rings (SSSR count). The van der Waals surface area contributed by atoms with Gasteiger partial charge in [0.2, 0.25) is 5.91 Å². The van der Waals surface area contributed by atoms with Gasteiger partial charge in [0.25, 0.3) is 5.91 Å². The maximum absolute atomic E-state index is 13.5. The zero-order chi connectivity index (χ0) is 29.8. The number of phenolic OH excluding ortho intramolecular Hbond substituents is 1. The molecule has 1 saturated heterocycles. The number of nitrogens with zero attached hydrogens (tertiary/aromatic N) is 4. The van der Waals surface area contributed by atoms with Crippen LogP contribution in [0.15, 0.2) is 66.7 Å². The lowest BCUT2D eigenvalue weighted by Gasteiger charge is -2.36. The van der Waals surface area contributed by atoms with Crippen molar-refractivity contribution in [2.45, 2.75) is 18.9 Å². The van der Waals surface area contributed by atoms with E-state index in [4.69, 9.17) is 21.9 Å². The Morgan fingerprint density at radius 1 is 1.02 bits per heavy atom. The first-order valence-corrected chi connectivity index (χ1v) is 13.7. The Morgan fingerprint density at radius 3 is 2.43 bits per heavy atom. The van der Waals surface area contributed by atoms with Gasteiger partial charge in [-0.15, -0.1) is 0 Å². The van der Waals surface area contributed by atoms with Crippen LogP contribution in [0.3, 0.4) is 0 Å². The van der Waals surface area contributed by atoms with E-state index in [0.29, 0.717) is 73.6 Å². The Morgan fingerprint density at radius 2 is 1.76 bits per heavy atom. The number of hydrogen-bond donors (Lipinski definition) is 5. The maximum Gasteiger partial charge on any atom is 0.254 e. The number of benzene rings is 3. The second-order valence-electron chi connectivity index (χ2n) is 10.2. The Labute approximate surface area is 242 Å². The molecule has 0 unspecified atom stereocenters. The summed E-state index contributed by atoms with van der Waals surface area (Å²) in [6, 6.07) is 17.3. The minimum absolute atomic E-state index is 0.0445. The van der Waals surface area contributed by atoms with Crippen LogP contribution in [0, 0.1) is 11.2 Å². The van der Waals surface area contributed by atoms with Crippen molar-refractivity contribution in [1.82, 2.24) is 19.8 Å². The van der Waals surface area contributed by atoms with Crippen LogP contribution >= 0.6 is 0 Å². The highest BCUT2D eigenvalue weighted by atomic mass is 19.1. The summed E-state index contributed by atoms with van der Waals surface area (Å²) in [4.78, 5) is 34.9. The molecule has 12 heteroatoms. The van der Waals surface area contributed by atoms with Crippen molar-refractivity contribution < 1.29 is 19.1 Å². The van der Waals surface area contributed by atoms with Gasteiger partial charge < -0.3 is 36.3 Å². The summed E-state index contributed by atoms with van der Waals surface area (Å²) in [5, 5.41) is 20.2. The number of phenols is 1. The van der Waals surface area contributed by atoms with Crippen molar-refractivity contribution in [1.29, 1.82) is 5.41 Å². The van der Waals surface area contributed by atoms with Crippen LogP contribution in [-0.4, -0.2) is 70.1 Å². The first-order valence-electron chi connectivity index (χ1n) is 13.7. The number of hydrogen-bond acceptors (Lipinski definition) is 6. The highest BCUT2D eigenvalue weighted by molar-refractivity contribution is 5.98. The molecule has 7 N–H and O–H groups in total. The molecule has 1 aliphatic heterocycles. The number of anilines is 1. The molecule has 0 saturated carbocycles. The second kappa shape index (κ2) is 12.2. The molecule has 0 spiro atoms. The quantitative estimate of drug-likeness (QED) is 0.117. The number of aromatic nitrogens is 2. The summed E-state index contributed by atoms with van der Waals surface area (Å²) in [6.45, 7) is 2.65. The molecular formula is C30H33FN8O3. The number of fused-ring (bicyclic) bond motifs is 1. The van der Waals surface area contributed by atoms with E-state index < -0.39 is 11.9 Å². The van der Waals surface area contributed by atoms with E-state index >= 15 is 0 Å². The Hall–Kier alpha value is -5.13. The van der Waals surface area contributed by atoms with Crippen LogP contribution in [0.2, 0.25) is 0 Å². The van der Waals surface area contributed by atoms with Crippen molar-refractivity contribution in [2.24, 2.45) is 11.5 Å². The second-order valence-corrected chi connectivity index (χ2v) is 10.2. The molecule has 2 amide bonds. The number of carbonyl (C=O) groups is 2. The van der Waals surface area contributed by atoms with E-state index in [1.165, 1.54) is 12.1 Å². The van der Waals surface area contributed by atoms with Crippen LogP contribution < -0.4 is 21.7 Å². The van der Waals surface area contributed by atoms with E-state index in [0.717, 1.165) is 5.69 Å². The van der Waals surface area contributed by atoms with Crippen LogP contribution in [0.4, 0.5) is 10.1 Å². The SMILES string of the molecule is N=C(N)NCCC[C@@H](C(N)=O)n1c(-c2cccc(O)c2)nc2cc(C(=O)N3CCN(c4ccc(F)cc4)CC3)ccc21. The van der Waals surface area contributed by atoms with Crippen molar-refractivity contribution in [2.75, 3.05) is 37.6 Å². The lowest BCUT2D eigenvalue weighted by Crippen LogP contribution is -2.48. The molecule has 2 heterocycles. The smallest absolute Gasteiger partial charge is 0.254 e. The average Bonchev–Trinajstić information content (AvgIpc) is 3.35. The van der Waals surface area contributed by atoms with Gasteiger partial charge in [0, 0.05) is 49.5 Å². The highest BCUT2D eigenvalue weighted by Gasteiger charge is 2.27. The number of aromatic hydroxyl groups is 1. The number of primary amides is 1. The summed E-state index contributed by atoms with van der Waals surface area (Å²) >= 11 is 0. The lowest BCUT2D eigenvalue weighted by molar-refractivity contribution is -0.121. The van der Waals surface area contributed by atoms with Crippen molar-refractivity contribution in [3.8, 4) is 17.1 Å². The zero-order valence-corrected chi connectivity index (χ0v) is 23.0. The molecular weight excluding hydrogens is 539 g/mol. The van der Waals surface area contributed by atoms with Gasteiger partial charge in [-0.05, 0) is 67.4 Å². The number of amides is 2. The molecule has 1 aromatic heterocycles. The maximum atomic E-state index is 13.5. The molecule has 4 aromatic rings. The van der Waals surface area contributed by atoms with E-state index in [1.54, 1.807) is 64.1 Å². The third kappa shape index (κ3) is 6.12. The molecule has 218 valence electrons. The van der Waals surface area contributed by atoms with Gasteiger partial charge >= 0.3 is 0 Å². The fraction of sp³-hybridized carbons (Fsp3) is 0.267. The zero-order valence-electron chi connectivity index (χ0n) is 23.0. The van der Waals surface area contributed by atoms with E-state index in [1.807, 2.05) is 0 Å². The largest absolute Gasteiger partial charge is 0.508 e. The Bertz CT molecular complexity index is 1610. The van der Waals surface area contributed by atoms with Gasteiger partial charge in [-0.1, -0.05) is 12.1 Å². The molecule has 1 atom stereocenters. The topological polar surface area (TPSA) is 167 Å². The molecule has 42 heavy (non-hydrogen) atoms. The molecule has 1 aliphatic rings. The molecule has 3 aromatic carbocycles. The van der Waals surface area contributed by atoms with Crippen molar-refractivity contribution in [3.63, 3.8) is 0 Å². The molecule has 0 radical (unpaired) electrons. The third-order valence-electron chi connectivity index (χ3n) is 7.41. The number of halogens is 1. The molecule has 11 nitrogen and oxygen atoms in total. The number of nitrogens with two attached hydrogens (primary N) is 2. The highest BCUT2D eigenvalue weighted by Crippen LogP contribution is 2.32. The Kier molecular flexibility index (Phi) is 8.23. The van der Waals surface area contributed by atoms with E-state index in [9.17, 15) is 19.1 Å². The predicted octanol–water partition coefficient (Wildman–Crippen LogP) is 2.80. The monoisotopic (exact) mass is 572 g/mol. The van der Waals surface area contributed by atoms with Crippen LogP contribution in [-0.2, 0) is 4.79 Å². The van der Waals surface area contributed by atoms with Crippen LogP contribution in [0.1, 0.15) is 29.2 Å². The van der Waals surface area contributed by atoms with Gasteiger partial charge in [-0.2, -0.15) is 0 Å². The third-order valence-corrected chi connectivity index (χ3v) is 7.41. The Balaban J connectivity index is 1.43. The standard InChI is InChI=1S/C30H33FN8O3/c31-21-7-9-22(10-8-21)37-13-15-38(16-14-37)29(42)20-6-11-25-24(18-20)36-28(19-3-1-4-23(40)17-19)39(25)26(27(32)41)5-2-12-35-30(33)34/h1,3-4,6-11,17-18,26,40H,2,5,12-16H2,(H2,32,41)(H4,33,34,35)/t26-/m0/s1. The minimum Gasteiger partial charge on any atom is -0.508 e. The van der Waals surface area contributed by atoms with Crippen LogP contribution in [0.5, 0.6) is 5.75 Å². The number of piperazine rings is 1. The van der Waals surface area contributed by atoms with Gasteiger partial charge in [-0.25, -0.2) is 9.37 Å². The van der Waals surface area contributed by atoms with Gasteiger partial charge in [0.05, 0.1) is 11.0 Å². The normalized spacial score (nSPS) is 14.1. The summed E-state index contributed by atoms with van der Waals surface area (Å²) in [5.41, 5.74) is 14.3. The molecule has 0 bridgehead atoms. The minimum atomic E-state index is -0.776.